The number of hydrogen-bond donors (Lipinski definition) is 0. The van der Waals surface area contributed by atoms with Crippen molar-refractivity contribution in [3.63, 3.8) is 0 Å². The molecule has 2 aromatic heterocycles. The summed E-state index contributed by atoms with van der Waals surface area (Å²) in [5.74, 6) is 0. The van der Waals surface area contributed by atoms with Gasteiger partial charge in [-0.15, -0.1) is 0 Å². The van der Waals surface area contributed by atoms with Crippen LogP contribution in [0.3, 0.4) is 0 Å². The number of hydrogen-bond acceptors (Lipinski definition) is 1. The van der Waals surface area contributed by atoms with E-state index in [4.69, 9.17) is 0 Å². The van der Waals surface area contributed by atoms with Gasteiger partial charge in [0.1, 0.15) is 0 Å². The number of benzene rings is 7. The van der Waals surface area contributed by atoms with Crippen LogP contribution in [0.4, 0.5) is 0 Å². The molecule has 0 unspecified atom stereocenters. The lowest BCUT2D eigenvalue weighted by molar-refractivity contribution is 1.14. The van der Waals surface area contributed by atoms with E-state index in [1.807, 2.05) is 18.5 Å². The molecular formula is C41H26N2. The summed E-state index contributed by atoms with van der Waals surface area (Å²) in [6.45, 7) is 0. The van der Waals surface area contributed by atoms with Crippen molar-refractivity contribution < 1.29 is 0 Å². The molecule has 43 heavy (non-hydrogen) atoms. The molecule has 0 fully saturated rings. The lowest BCUT2D eigenvalue weighted by Gasteiger charge is -2.18. The van der Waals surface area contributed by atoms with Gasteiger partial charge in [-0.3, -0.25) is 4.98 Å². The van der Waals surface area contributed by atoms with Crippen molar-refractivity contribution in [2.24, 2.45) is 0 Å². The van der Waals surface area contributed by atoms with Crippen LogP contribution >= 0.6 is 0 Å². The SMILES string of the molecule is c1cncc(-n2c3ccccc3c3cc(-c4c5ccccc5c(-c5ccc6ccccc6c5)c5ccccc45)ccc32)c1. The van der Waals surface area contributed by atoms with Gasteiger partial charge in [-0.1, -0.05) is 109 Å². The first kappa shape index (κ1) is 23.9. The average Bonchev–Trinajstić information content (AvgIpc) is 3.41. The summed E-state index contributed by atoms with van der Waals surface area (Å²) in [4.78, 5) is 4.42. The highest BCUT2D eigenvalue weighted by Crippen LogP contribution is 2.45. The minimum atomic E-state index is 1.07. The van der Waals surface area contributed by atoms with Crippen molar-refractivity contribution in [1.82, 2.24) is 9.55 Å². The Bertz CT molecular complexity index is 2450. The quantitative estimate of drug-likeness (QED) is 0.202. The van der Waals surface area contributed by atoms with Gasteiger partial charge < -0.3 is 4.57 Å². The molecule has 0 aliphatic heterocycles. The molecule has 2 heteroatoms. The first-order chi connectivity index (χ1) is 21.3. The minimum absolute atomic E-state index is 1.07. The number of nitrogens with zero attached hydrogens (tertiary/aromatic N) is 2. The van der Waals surface area contributed by atoms with Gasteiger partial charge in [-0.2, -0.15) is 0 Å². The monoisotopic (exact) mass is 546 g/mol. The second-order valence-corrected chi connectivity index (χ2v) is 11.2. The van der Waals surface area contributed by atoms with Crippen LogP contribution in [-0.2, 0) is 0 Å². The van der Waals surface area contributed by atoms with E-state index < -0.39 is 0 Å². The molecule has 0 N–H and O–H groups in total. The maximum atomic E-state index is 4.42. The number of fused-ring (bicyclic) bond motifs is 6. The zero-order chi connectivity index (χ0) is 28.3. The molecule has 0 radical (unpaired) electrons. The first-order valence-electron chi connectivity index (χ1n) is 14.7. The second-order valence-electron chi connectivity index (χ2n) is 11.2. The minimum Gasteiger partial charge on any atom is -0.308 e. The lowest BCUT2D eigenvalue weighted by atomic mass is 9.85. The van der Waals surface area contributed by atoms with Gasteiger partial charge in [0.2, 0.25) is 0 Å². The van der Waals surface area contributed by atoms with Crippen molar-refractivity contribution in [3.05, 3.63) is 158 Å². The van der Waals surface area contributed by atoms with Crippen molar-refractivity contribution >= 4 is 54.1 Å². The van der Waals surface area contributed by atoms with E-state index in [1.54, 1.807) is 0 Å². The summed E-state index contributed by atoms with van der Waals surface area (Å²) in [6.07, 6.45) is 3.76. The zero-order valence-corrected chi connectivity index (χ0v) is 23.4. The molecule has 2 heterocycles. The summed E-state index contributed by atoms with van der Waals surface area (Å²) in [7, 11) is 0. The molecule has 7 aromatic carbocycles. The normalized spacial score (nSPS) is 11.7. The van der Waals surface area contributed by atoms with Gasteiger partial charge in [0, 0.05) is 17.0 Å². The van der Waals surface area contributed by atoms with Gasteiger partial charge in [-0.25, -0.2) is 0 Å². The molecule has 9 aromatic rings. The van der Waals surface area contributed by atoms with Gasteiger partial charge in [0.25, 0.3) is 0 Å². The Morgan fingerprint density at radius 2 is 0.953 bits per heavy atom. The smallest absolute Gasteiger partial charge is 0.0645 e. The Kier molecular flexibility index (Phi) is 5.23. The van der Waals surface area contributed by atoms with Crippen LogP contribution in [0, 0.1) is 0 Å². The Balaban J connectivity index is 1.36. The van der Waals surface area contributed by atoms with Gasteiger partial charge in [0.15, 0.2) is 0 Å². The van der Waals surface area contributed by atoms with E-state index >= 15 is 0 Å². The summed E-state index contributed by atoms with van der Waals surface area (Å²) in [5, 5.41) is 10.1. The number of rotatable bonds is 3. The van der Waals surface area contributed by atoms with Crippen LogP contribution in [0.1, 0.15) is 0 Å². The lowest BCUT2D eigenvalue weighted by Crippen LogP contribution is -1.94. The summed E-state index contributed by atoms with van der Waals surface area (Å²) in [5.41, 5.74) is 8.46. The van der Waals surface area contributed by atoms with Crippen LogP contribution in [-0.4, -0.2) is 9.55 Å². The Morgan fingerprint density at radius 1 is 0.395 bits per heavy atom. The largest absolute Gasteiger partial charge is 0.308 e. The van der Waals surface area contributed by atoms with Crippen LogP contribution < -0.4 is 0 Å². The van der Waals surface area contributed by atoms with E-state index in [1.165, 1.54) is 76.4 Å². The zero-order valence-electron chi connectivity index (χ0n) is 23.4. The van der Waals surface area contributed by atoms with Crippen molar-refractivity contribution in [2.45, 2.75) is 0 Å². The third-order valence-electron chi connectivity index (χ3n) is 8.84. The third-order valence-corrected chi connectivity index (χ3v) is 8.84. The fraction of sp³-hybridized carbons (Fsp3) is 0. The van der Waals surface area contributed by atoms with Gasteiger partial charge >= 0.3 is 0 Å². The summed E-state index contributed by atoms with van der Waals surface area (Å²) < 4.78 is 2.32. The Morgan fingerprint density at radius 3 is 1.63 bits per heavy atom. The Labute approximate surface area is 249 Å². The van der Waals surface area contributed by atoms with E-state index in [0.717, 1.165) is 5.69 Å². The van der Waals surface area contributed by atoms with E-state index in [0.29, 0.717) is 0 Å². The van der Waals surface area contributed by atoms with E-state index in [2.05, 4.69) is 149 Å². The van der Waals surface area contributed by atoms with Crippen LogP contribution in [0.5, 0.6) is 0 Å². The first-order valence-corrected chi connectivity index (χ1v) is 14.7. The topological polar surface area (TPSA) is 17.8 Å². The molecule has 0 aliphatic carbocycles. The predicted octanol–water partition coefficient (Wildman–Crippen LogP) is 11.0. The molecule has 0 spiro atoms. The maximum Gasteiger partial charge on any atom is 0.0645 e. The molecular weight excluding hydrogens is 520 g/mol. The van der Waals surface area contributed by atoms with E-state index in [9.17, 15) is 0 Å². The predicted molar refractivity (Wildman–Crippen MR) is 182 cm³/mol. The van der Waals surface area contributed by atoms with Crippen LogP contribution in [0.25, 0.3) is 82.1 Å². The highest BCUT2D eigenvalue weighted by atomic mass is 15.0. The highest BCUT2D eigenvalue weighted by Gasteiger charge is 2.19. The molecule has 9 rings (SSSR count). The maximum absolute atomic E-state index is 4.42. The van der Waals surface area contributed by atoms with Gasteiger partial charge in [0.05, 0.1) is 22.9 Å². The molecule has 0 aliphatic rings. The Hall–Kier alpha value is -5.73. The summed E-state index contributed by atoms with van der Waals surface area (Å²) in [6, 6.07) is 53.0. The van der Waals surface area contributed by atoms with Crippen LogP contribution in [0.2, 0.25) is 0 Å². The molecule has 0 amide bonds. The fourth-order valence-electron chi connectivity index (χ4n) is 6.99. The van der Waals surface area contributed by atoms with Crippen molar-refractivity contribution in [2.75, 3.05) is 0 Å². The average molecular weight is 547 g/mol. The molecule has 200 valence electrons. The number of aromatic nitrogens is 2. The van der Waals surface area contributed by atoms with Crippen LogP contribution in [0.15, 0.2) is 158 Å². The molecule has 0 saturated heterocycles. The molecule has 0 saturated carbocycles. The van der Waals surface area contributed by atoms with Crippen molar-refractivity contribution in [3.8, 4) is 27.9 Å². The standard InChI is InChI=1S/C41H26N2/c1-2-11-28-24-29(20-19-27(28)10-1)40-33-14-3-5-16-35(33)41(36-17-6-4-15-34(36)40)30-21-22-39-37(25-30)32-13-7-8-18-38(32)43(39)31-12-9-23-42-26-31/h1-26H. The van der Waals surface area contributed by atoms with Crippen molar-refractivity contribution in [1.29, 1.82) is 0 Å². The number of para-hydroxylation sites is 1. The molecule has 0 bridgehead atoms. The molecule has 2 nitrogen and oxygen atoms in total. The van der Waals surface area contributed by atoms with Gasteiger partial charge in [-0.05, 0) is 91.0 Å². The third kappa shape index (κ3) is 3.63. The highest BCUT2D eigenvalue weighted by molar-refractivity contribution is 6.22. The second kappa shape index (κ2) is 9.40. The van der Waals surface area contributed by atoms with E-state index in [-0.39, 0.29) is 0 Å². The fourth-order valence-corrected chi connectivity index (χ4v) is 6.99. The number of pyridine rings is 1. The molecule has 0 atom stereocenters. The summed E-state index contributed by atoms with van der Waals surface area (Å²) >= 11 is 0.